The maximum Gasteiger partial charge on any atom is 0.118 e. The van der Waals surface area contributed by atoms with Crippen LogP contribution in [0.5, 0.6) is 5.75 Å². The number of aliphatic hydroxyl groups excluding tert-OH is 1. The summed E-state index contributed by atoms with van der Waals surface area (Å²) in [5.74, 6) is 0.856. The molecule has 0 saturated carbocycles. The van der Waals surface area contributed by atoms with Crippen LogP contribution in [0, 0.1) is 0 Å². The summed E-state index contributed by atoms with van der Waals surface area (Å²) in [7, 11) is 1.66. The fraction of sp³-hybridized carbons (Fsp3) is 0.333. The van der Waals surface area contributed by atoms with Gasteiger partial charge in [0.25, 0.3) is 0 Å². The lowest BCUT2D eigenvalue weighted by Gasteiger charge is -2.17. The van der Waals surface area contributed by atoms with Crippen LogP contribution in [0.3, 0.4) is 0 Å². The van der Waals surface area contributed by atoms with Crippen LogP contribution in [0.15, 0.2) is 41.8 Å². The predicted molar refractivity (Wildman–Crippen MR) is 78.7 cm³/mol. The van der Waals surface area contributed by atoms with E-state index in [1.165, 1.54) is 5.56 Å². The topological polar surface area (TPSA) is 41.5 Å². The lowest BCUT2D eigenvalue weighted by Crippen LogP contribution is -2.24. The van der Waals surface area contributed by atoms with E-state index in [0.29, 0.717) is 6.54 Å². The van der Waals surface area contributed by atoms with Gasteiger partial charge in [0, 0.05) is 17.5 Å². The van der Waals surface area contributed by atoms with Gasteiger partial charge in [0.15, 0.2) is 0 Å². The first-order valence-electron chi connectivity index (χ1n) is 6.29. The highest BCUT2D eigenvalue weighted by atomic mass is 32.1. The molecule has 4 heteroatoms. The molecule has 0 bridgehead atoms. The van der Waals surface area contributed by atoms with Crippen LogP contribution in [-0.4, -0.2) is 18.8 Å². The highest BCUT2D eigenvalue weighted by molar-refractivity contribution is 7.10. The quantitative estimate of drug-likeness (QED) is 0.852. The van der Waals surface area contributed by atoms with Crippen LogP contribution in [0.2, 0.25) is 0 Å². The molecule has 1 heterocycles. The minimum atomic E-state index is -0.444. The molecule has 1 aromatic heterocycles. The molecule has 0 amide bonds. The number of nitrogens with one attached hydrogen (secondary N) is 1. The monoisotopic (exact) mass is 277 g/mol. The van der Waals surface area contributed by atoms with E-state index in [4.69, 9.17) is 4.74 Å². The zero-order valence-corrected chi connectivity index (χ0v) is 12.0. The summed E-state index contributed by atoms with van der Waals surface area (Å²) < 4.78 is 5.14. The van der Waals surface area contributed by atoms with Gasteiger partial charge in [-0.05, 0) is 36.1 Å². The van der Waals surface area contributed by atoms with Crippen molar-refractivity contribution in [1.29, 1.82) is 0 Å². The third kappa shape index (κ3) is 3.80. The van der Waals surface area contributed by atoms with Gasteiger partial charge in [-0.15, -0.1) is 11.3 Å². The fourth-order valence-corrected chi connectivity index (χ4v) is 2.59. The van der Waals surface area contributed by atoms with Crippen molar-refractivity contribution in [2.45, 2.75) is 19.1 Å². The van der Waals surface area contributed by atoms with Gasteiger partial charge in [-0.1, -0.05) is 18.2 Å². The van der Waals surface area contributed by atoms with Gasteiger partial charge in [0.2, 0.25) is 0 Å². The van der Waals surface area contributed by atoms with E-state index in [1.54, 1.807) is 18.4 Å². The predicted octanol–water partition coefficient (Wildman–Crippen LogP) is 3.14. The molecule has 2 atom stereocenters. The molecule has 0 aliphatic carbocycles. The summed E-state index contributed by atoms with van der Waals surface area (Å²) in [5.41, 5.74) is 1.18. The smallest absolute Gasteiger partial charge is 0.118 e. The Morgan fingerprint density at radius 3 is 2.58 bits per heavy atom. The summed E-state index contributed by atoms with van der Waals surface area (Å²) in [5, 5.41) is 15.3. The second-order valence-electron chi connectivity index (χ2n) is 4.43. The largest absolute Gasteiger partial charge is 0.497 e. The minimum Gasteiger partial charge on any atom is -0.497 e. The van der Waals surface area contributed by atoms with E-state index in [9.17, 15) is 5.11 Å². The van der Waals surface area contributed by atoms with Gasteiger partial charge in [-0.25, -0.2) is 0 Å². The molecule has 19 heavy (non-hydrogen) atoms. The van der Waals surface area contributed by atoms with E-state index in [-0.39, 0.29) is 6.04 Å². The zero-order chi connectivity index (χ0) is 13.7. The average molecular weight is 277 g/mol. The van der Waals surface area contributed by atoms with Crippen LogP contribution >= 0.6 is 11.3 Å². The van der Waals surface area contributed by atoms with Gasteiger partial charge >= 0.3 is 0 Å². The van der Waals surface area contributed by atoms with Gasteiger partial charge in [-0.3, -0.25) is 0 Å². The number of benzene rings is 1. The Kier molecular flexibility index (Phi) is 4.96. The molecule has 3 nitrogen and oxygen atoms in total. The van der Waals surface area contributed by atoms with Gasteiger partial charge in [0.05, 0.1) is 7.11 Å². The molecular formula is C15H19NO2S. The molecule has 0 aliphatic rings. The first-order valence-corrected chi connectivity index (χ1v) is 7.17. The maximum atomic E-state index is 10.0. The number of thiophene rings is 1. The normalized spacial score (nSPS) is 14.1. The Morgan fingerprint density at radius 1 is 1.26 bits per heavy atom. The van der Waals surface area contributed by atoms with Crippen LogP contribution < -0.4 is 10.1 Å². The molecule has 2 rings (SSSR count). The molecule has 1 aromatic carbocycles. The van der Waals surface area contributed by atoms with Gasteiger partial charge < -0.3 is 15.2 Å². The fourth-order valence-electron chi connectivity index (χ4n) is 1.88. The Bertz CT molecular complexity index is 481. The van der Waals surface area contributed by atoms with Crippen molar-refractivity contribution < 1.29 is 9.84 Å². The molecule has 2 aromatic rings. The van der Waals surface area contributed by atoms with Crippen LogP contribution in [0.1, 0.15) is 29.5 Å². The lowest BCUT2D eigenvalue weighted by molar-refractivity contribution is 0.174. The summed E-state index contributed by atoms with van der Waals surface area (Å²) in [4.78, 5) is 0.995. The molecule has 0 radical (unpaired) electrons. The third-order valence-corrected chi connectivity index (χ3v) is 4.08. The van der Waals surface area contributed by atoms with E-state index in [1.807, 2.05) is 41.8 Å². The molecule has 0 aliphatic heterocycles. The molecule has 0 saturated heterocycles. The number of rotatable bonds is 6. The lowest BCUT2D eigenvalue weighted by atomic mass is 10.1. The van der Waals surface area contributed by atoms with Gasteiger partial charge in [-0.2, -0.15) is 0 Å². The Labute approximate surface area is 117 Å². The minimum absolute atomic E-state index is 0.195. The number of hydrogen-bond acceptors (Lipinski definition) is 4. The van der Waals surface area contributed by atoms with Crippen molar-refractivity contribution >= 4 is 11.3 Å². The van der Waals surface area contributed by atoms with Crippen molar-refractivity contribution in [2.75, 3.05) is 13.7 Å². The molecule has 2 unspecified atom stereocenters. The maximum absolute atomic E-state index is 10.0. The second kappa shape index (κ2) is 6.70. The van der Waals surface area contributed by atoms with Gasteiger partial charge in [0.1, 0.15) is 11.9 Å². The van der Waals surface area contributed by atoms with Crippen molar-refractivity contribution in [2.24, 2.45) is 0 Å². The second-order valence-corrected chi connectivity index (χ2v) is 5.41. The van der Waals surface area contributed by atoms with Crippen molar-refractivity contribution in [3.63, 3.8) is 0 Å². The Morgan fingerprint density at radius 2 is 2.00 bits per heavy atom. The van der Waals surface area contributed by atoms with Crippen LogP contribution in [-0.2, 0) is 0 Å². The first-order chi connectivity index (χ1) is 9.20. The molecule has 102 valence electrons. The number of aliphatic hydroxyl groups is 1. The molecular weight excluding hydrogens is 258 g/mol. The van der Waals surface area contributed by atoms with E-state index in [2.05, 4.69) is 12.2 Å². The van der Waals surface area contributed by atoms with E-state index < -0.39 is 6.10 Å². The van der Waals surface area contributed by atoms with Crippen molar-refractivity contribution in [3.05, 3.63) is 52.2 Å². The first kappa shape index (κ1) is 14.1. The Balaban J connectivity index is 1.88. The van der Waals surface area contributed by atoms with Crippen molar-refractivity contribution in [3.8, 4) is 5.75 Å². The van der Waals surface area contributed by atoms with E-state index in [0.717, 1.165) is 10.6 Å². The third-order valence-electron chi connectivity index (χ3n) is 3.10. The number of ether oxygens (including phenoxy) is 1. The molecule has 2 N–H and O–H groups in total. The SMILES string of the molecule is COc1ccc(C(C)NCC(O)c2cccs2)cc1. The standard InChI is InChI=1S/C15H19NO2S/c1-11(12-5-7-13(18-2)8-6-12)16-10-14(17)15-4-3-9-19-15/h3-9,11,14,16-17H,10H2,1-2H3. The number of methoxy groups -OCH3 is 1. The molecule has 0 spiro atoms. The molecule has 0 fully saturated rings. The summed E-state index contributed by atoms with van der Waals surface area (Å²) in [6, 6.07) is 12.1. The van der Waals surface area contributed by atoms with Crippen molar-refractivity contribution in [1.82, 2.24) is 5.32 Å². The number of hydrogen-bond donors (Lipinski definition) is 2. The Hall–Kier alpha value is -1.36. The summed E-state index contributed by atoms with van der Waals surface area (Å²) in [6.45, 7) is 2.64. The summed E-state index contributed by atoms with van der Waals surface area (Å²) >= 11 is 1.58. The van der Waals surface area contributed by atoms with Crippen LogP contribution in [0.4, 0.5) is 0 Å². The highest BCUT2D eigenvalue weighted by Crippen LogP contribution is 2.20. The highest BCUT2D eigenvalue weighted by Gasteiger charge is 2.11. The zero-order valence-electron chi connectivity index (χ0n) is 11.2. The summed E-state index contributed by atoms with van der Waals surface area (Å²) in [6.07, 6.45) is -0.444. The van der Waals surface area contributed by atoms with E-state index >= 15 is 0 Å². The average Bonchev–Trinajstić information content (AvgIpc) is 2.98. The van der Waals surface area contributed by atoms with Crippen LogP contribution in [0.25, 0.3) is 0 Å².